The van der Waals surface area contributed by atoms with Gasteiger partial charge in [0, 0.05) is 35.4 Å². The maximum Gasteiger partial charge on any atom is 0.222 e. The van der Waals surface area contributed by atoms with Gasteiger partial charge in [0.2, 0.25) is 5.91 Å². The van der Waals surface area contributed by atoms with Crippen LogP contribution in [0.25, 0.3) is 11.3 Å². The Morgan fingerprint density at radius 3 is 2.63 bits per heavy atom. The number of benzene rings is 2. The van der Waals surface area contributed by atoms with Gasteiger partial charge in [0.25, 0.3) is 0 Å². The summed E-state index contributed by atoms with van der Waals surface area (Å²) in [6.07, 6.45) is 3.63. The first kappa shape index (κ1) is 19.3. The van der Waals surface area contributed by atoms with Gasteiger partial charge in [0.15, 0.2) is 0 Å². The number of piperidine rings is 1. The molecule has 0 spiro atoms. The van der Waals surface area contributed by atoms with Crippen molar-refractivity contribution in [2.24, 2.45) is 0 Å². The molecular formula is C25H25N3OS. The Morgan fingerprint density at radius 2 is 1.87 bits per heavy atom. The zero-order valence-corrected chi connectivity index (χ0v) is 18.2. The second-order valence-corrected chi connectivity index (χ2v) is 9.61. The molecule has 2 aliphatic rings. The third kappa shape index (κ3) is 3.31. The molecule has 1 aromatic heterocycles. The first-order chi connectivity index (χ1) is 14.5. The van der Waals surface area contributed by atoms with Crippen LogP contribution in [0, 0.1) is 0 Å². The summed E-state index contributed by atoms with van der Waals surface area (Å²) in [6, 6.07) is 21.3. The fraction of sp³-hybridized carbons (Fsp3) is 0.320. The standard InChI is InChI=1S/C25H25N3OS/c1-25-15-14-24(29)28(2)22(25)12-8-18-16-19(9-10-20(18)25)30-23-13-11-21(26-27-23)17-6-4-3-5-7-17/h3-7,9-11,13,16,22H,8,12,14-15H2,1-2H3/t22?,25-/m1/s1. The second-order valence-electron chi connectivity index (χ2n) is 8.52. The lowest BCUT2D eigenvalue weighted by atomic mass is 9.63. The minimum atomic E-state index is 0.0522. The summed E-state index contributed by atoms with van der Waals surface area (Å²) in [5.41, 5.74) is 4.84. The van der Waals surface area contributed by atoms with Crippen LogP contribution in [0.15, 0.2) is 70.6 Å². The number of likely N-dealkylation sites (tertiary alicyclic amines) is 1. The maximum absolute atomic E-state index is 12.2. The molecule has 1 unspecified atom stereocenters. The number of rotatable bonds is 3. The minimum absolute atomic E-state index is 0.0522. The fourth-order valence-corrected chi connectivity index (χ4v) is 5.88. The molecule has 3 aromatic rings. The van der Waals surface area contributed by atoms with Crippen LogP contribution in [0.1, 0.15) is 37.3 Å². The number of nitrogens with zero attached hydrogens (tertiary/aromatic N) is 3. The number of carbonyl (C=O) groups excluding carboxylic acids is 1. The number of hydrogen-bond donors (Lipinski definition) is 0. The molecule has 152 valence electrons. The highest BCUT2D eigenvalue weighted by atomic mass is 32.2. The lowest BCUT2D eigenvalue weighted by molar-refractivity contribution is -0.138. The number of aryl methyl sites for hydroxylation is 1. The van der Waals surface area contributed by atoms with Gasteiger partial charge in [0.05, 0.1) is 5.69 Å². The Bertz CT molecular complexity index is 1080. The largest absolute Gasteiger partial charge is 0.342 e. The number of hydrogen-bond acceptors (Lipinski definition) is 4. The van der Waals surface area contributed by atoms with Gasteiger partial charge >= 0.3 is 0 Å². The molecule has 2 atom stereocenters. The monoisotopic (exact) mass is 415 g/mol. The third-order valence-electron chi connectivity index (χ3n) is 6.77. The highest BCUT2D eigenvalue weighted by Crippen LogP contribution is 2.46. The Balaban J connectivity index is 1.37. The van der Waals surface area contributed by atoms with Gasteiger partial charge in [-0.1, -0.05) is 55.1 Å². The summed E-state index contributed by atoms with van der Waals surface area (Å²) in [4.78, 5) is 15.4. The number of likely N-dealkylation sites (N-methyl/N-ethyl adjacent to an activating group) is 1. The molecule has 2 aromatic carbocycles. The predicted molar refractivity (Wildman–Crippen MR) is 119 cm³/mol. The molecule has 30 heavy (non-hydrogen) atoms. The van der Waals surface area contributed by atoms with E-state index in [1.807, 2.05) is 54.4 Å². The summed E-state index contributed by atoms with van der Waals surface area (Å²) in [7, 11) is 1.97. The predicted octanol–water partition coefficient (Wildman–Crippen LogP) is 5.12. The molecule has 0 N–H and O–H groups in total. The normalized spacial score (nSPS) is 23.1. The van der Waals surface area contributed by atoms with E-state index in [-0.39, 0.29) is 11.3 Å². The second kappa shape index (κ2) is 7.55. The number of aromatic nitrogens is 2. The molecule has 1 saturated heterocycles. The molecule has 1 fully saturated rings. The van der Waals surface area contributed by atoms with E-state index >= 15 is 0 Å². The molecule has 5 heteroatoms. The lowest BCUT2D eigenvalue weighted by Crippen LogP contribution is -2.56. The summed E-state index contributed by atoms with van der Waals surface area (Å²) in [6.45, 7) is 2.33. The summed E-state index contributed by atoms with van der Waals surface area (Å²) < 4.78 is 0. The number of carbonyl (C=O) groups is 1. The average Bonchev–Trinajstić information content (AvgIpc) is 2.78. The Kier molecular flexibility index (Phi) is 4.86. The van der Waals surface area contributed by atoms with E-state index in [9.17, 15) is 4.79 Å². The Hall–Kier alpha value is -2.66. The van der Waals surface area contributed by atoms with Crippen LogP contribution in [0.3, 0.4) is 0 Å². The van der Waals surface area contributed by atoms with E-state index in [4.69, 9.17) is 0 Å². The van der Waals surface area contributed by atoms with Gasteiger partial charge < -0.3 is 4.90 Å². The Labute approximate surface area is 181 Å². The molecule has 0 saturated carbocycles. The van der Waals surface area contributed by atoms with E-state index in [1.54, 1.807) is 11.8 Å². The summed E-state index contributed by atoms with van der Waals surface area (Å²) in [5, 5.41) is 9.73. The van der Waals surface area contributed by atoms with E-state index < -0.39 is 0 Å². The van der Waals surface area contributed by atoms with Crippen LogP contribution in [0.5, 0.6) is 0 Å². The van der Waals surface area contributed by atoms with Crippen LogP contribution >= 0.6 is 11.8 Å². The van der Waals surface area contributed by atoms with Crippen LogP contribution in [0.4, 0.5) is 0 Å². The molecule has 0 radical (unpaired) electrons. The lowest BCUT2D eigenvalue weighted by Gasteiger charge is -2.50. The van der Waals surface area contributed by atoms with Crippen molar-refractivity contribution in [3.05, 3.63) is 71.8 Å². The number of amides is 1. The Morgan fingerprint density at radius 1 is 1.03 bits per heavy atom. The van der Waals surface area contributed by atoms with Crippen molar-refractivity contribution in [3.63, 3.8) is 0 Å². The molecule has 1 amide bonds. The SMILES string of the molecule is CN1C(=O)CC[C@]2(C)c3ccc(Sc4ccc(-c5ccccc5)nn4)cc3CCC12. The highest BCUT2D eigenvalue weighted by Gasteiger charge is 2.46. The maximum atomic E-state index is 12.2. The number of fused-ring (bicyclic) bond motifs is 3. The van der Waals surface area contributed by atoms with Crippen molar-refractivity contribution in [1.82, 2.24) is 15.1 Å². The zero-order valence-electron chi connectivity index (χ0n) is 17.3. The van der Waals surface area contributed by atoms with E-state index in [1.165, 1.54) is 16.0 Å². The van der Waals surface area contributed by atoms with Crippen LogP contribution in [0.2, 0.25) is 0 Å². The van der Waals surface area contributed by atoms with Crippen LogP contribution in [-0.4, -0.2) is 34.1 Å². The summed E-state index contributed by atoms with van der Waals surface area (Å²) in [5.74, 6) is 0.283. The van der Waals surface area contributed by atoms with Crippen molar-refractivity contribution in [1.29, 1.82) is 0 Å². The van der Waals surface area contributed by atoms with Gasteiger partial charge in [-0.25, -0.2) is 0 Å². The van der Waals surface area contributed by atoms with Gasteiger partial charge in [-0.05, 0) is 54.7 Å². The first-order valence-corrected chi connectivity index (χ1v) is 11.3. The topological polar surface area (TPSA) is 46.1 Å². The summed E-state index contributed by atoms with van der Waals surface area (Å²) >= 11 is 1.66. The van der Waals surface area contributed by atoms with Crippen LogP contribution in [-0.2, 0) is 16.6 Å². The molecule has 0 bridgehead atoms. The molecule has 1 aliphatic heterocycles. The van der Waals surface area contributed by atoms with Gasteiger partial charge in [0.1, 0.15) is 5.03 Å². The zero-order chi connectivity index (χ0) is 20.7. The molecule has 1 aliphatic carbocycles. The van der Waals surface area contributed by atoms with Gasteiger partial charge in [-0.2, -0.15) is 0 Å². The molecule has 2 heterocycles. The highest BCUT2D eigenvalue weighted by molar-refractivity contribution is 7.99. The fourth-order valence-electron chi connectivity index (χ4n) is 5.09. The quantitative estimate of drug-likeness (QED) is 0.596. The van der Waals surface area contributed by atoms with Crippen molar-refractivity contribution in [2.75, 3.05) is 7.05 Å². The van der Waals surface area contributed by atoms with Crippen molar-refractivity contribution >= 4 is 17.7 Å². The van der Waals surface area contributed by atoms with Gasteiger partial charge in [-0.15, -0.1) is 10.2 Å². The van der Waals surface area contributed by atoms with Crippen molar-refractivity contribution in [3.8, 4) is 11.3 Å². The van der Waals surface area contributed by atoms with E-state index in [2.05, 4.69) is 35.3 Å². The van der Waals surface area contributed by atoms with Crippen molar-refractivity contribution < 1.29 is 4.79 Å². The molecule has 4 nitrogen and oxygen atoms in total. The van der Waals surface area contributed by atoms with E-state index in [0.29, 0.717) is 12.5 Å². The van der Waals surface area contributed by atoms with Gasteiger partial charge in [-0.3, -0.25) is 4.79 Å². The molecule has 5 rings (SSSR count). The minimum Gasteiger partial charge on any atom is -0.342 e. The van der Waals surface area contributed by atoms with Crippen molar-refractivity contribution in [2.45, 2.75) is 54.0 Å². The average molecular weight is 416 g/mol. The third-order valence-corrected chi connectivity index (χ3v) is 7.68. The van der Waals surface area contributed by atoms with Crippen LogP contribution < -0.4 is 0 Å². The van der Waals surface area contributed by atoms with E-state index in [0.717, 1.165) is 35.5 Å². The molecular weight excluding hydrogens is 390 g/mol. The smallest absolute Gasteiger partial charge is 0.222 e. The first-order valence-electron chi connectivity index (χ1n) is 10.5.